The highest BCUT2D eigenvalue weighted by Crippen LogP contribution is 2.16. The topological polar surface area (TPSA) is 29.3 Å². The Morgan fingerprint density at radius 1 is 1.00 bits per heavy atom. The van der Waals surface area contributed by atoms with Crippen LogP contribution in [0.4, 0.5) is 0 Å². The van der Waals surface area contributed by atoms with Gasteiger partial charge in [-0.15, -0.1) is 0 Å². The second-order valence-electron chi connectivity index (χ2n) is 4.76. The third-order valence-electron chi connectivity index (χ3n) is 3.66. The minimum Gasteiger partial charge on any atom is -0.330 e. The Morgan fingerprint density at radius 3 is 2.00 bits per heavy atom. The van der Waals surface area contributed by atoms with E-state index in [0.717, 1.165) is 6.54 Å². The van der Waals surface area contributed by atoms with E-state index in [1.54, 1.807) is 0 Å². The Labute approximate surface area is 88.8 Å². The molecule has 84 valence electrons. The molecule has 2 N–H and O–H groups in total. The Hall–Kier alpha value is -0.0800. The SMILES string of the molecule is CC(CN)C(C)N1CCCCCCC1. The van der Waals surface area contributed by atoms with Crippen LogP contribution >= 0.6 is 0 Å². The molecule has 0 aromatic heterocycles. The smallest absolute Gasteiger partial charge is 0.0105 e. The first kappa shape index (κ1) is 12.0. The molecule has 1 fully saturated rings. The van der Waals surface area contributed by atoms with Gasteiger partial charge in [-0.05, 0) is 45.3 Å². The molecule has 1 rings (SSSR count). The first-order chi connectivity index (χ1) is 6.75. The Morgan fingerprint density at radius 2 is 1.50 bits per heavy atom. The second kappa shape index (κ2) is 6.41. The maximum atomic E-state index is 5.72. The van der Waals surface area contributed by atoms with Crippen molar-refractivity contribution in [2.75, 3.05) is 19.6 Å². The predicted molar refractivity (Wildman–Crippen MR) is 62.3 cm³/mol. The van der Waals surface area contributed by atoms with Gasteiger partial charge in [-0.3, -0.25) is 0 Å². The normalized spacial score (nSPS) is 25.1. The summed E-state index contributed by atoms with van der Waals surface area (Å²) < 4.78 is 0. The van der Waals surface area contributed by atoms with Crippen LogP contribution in [0, 0.1) is 5.92 Å². The fraction of sp³-hybridized carbons (Fsp3) is 1.00. The molecule has 1 aliphatic heterocycles. The highest BCUT2D eigenvalue weighted by molar-refractivity contribution is 4.74. The van der Waals surface area contributed by atoms with Gasteiger partial charge < -0.3 is 10.6 Å². The van der Waals surface area contributed by atoms with Gasteiger partial charge in [0.25, 0.3) is 0 Å². The molecular formula is C12H26N2. The average molecular weight is 198 g/mol. The lowest BCUT2D eigenvalue weighted by Gasteiger charge is -2.33. The minimum atomic E-state index is 0.634. The lowest BCUT2D eigenvalue weighted by Crippen LogP contribution is -2.41. The van der Waals surface area contributed by atoms with Gasteiger partial charge in [0.1, 0.15) is 0 Å². The predicted octanol–water partition coefficient (Wildman–Crippen LogP) is 2.24. The quantitative estimate of drug-likeness (QED) is 0.753. The molecule has 2 atom stereocenters. The van der Waals surface area contributed by atoms with Gasteiger partial charge in [-0.2, -0.15) is 0 Å². The van der Waals surface area contributed by atoms with Gasteiger partial charge in [0.05, 0.1) is 0 Å². The fourth-order valence-corrected chi connectivity index (χ4v) is 2.24. The largest absolute Gasteiger partial charge is 0.330 e. The first-order valence-corrected chi connectivity index (χ1v) is 6.20. The van der Waals surface area contributed by atoms with Gasteiger partial charge >= 0.3 is 0 Å². The van der Waals surface area contributed by atoms with Crippen LogP contribution in [0.25, 0.3) is 0 Å². The summed E-state index contributed by atoms with van der Waals surface area (Å²) in [5, 5.41) is 0. The lowest BCUT2D eigenvalue weighted by atomic mass is 10.00. The molecule has 2 nitrogen and oxygen atoms in total. The van der Waals surface area contributed by atoms with Crippen molar-refractivity contribution >= 4 is 0 Å². The van der Waals surface area contributed by atoms with E-state index in [0.29, 0.717) is 12.0 Å². The van der Waals surface area contributed by atoms with E-state index >= 15 is 0 Å². The zero-order valence-electron chi connectivity index (χ0n) is 9.84. The van der Waals surface area contributed by atoms with Crippen molar-refractivity contribution in [1.29, 1.82) is 0 Å². The molecule has 14 heavy (non-hydrogen) atoms. The van der Waals surface area contributed by atoms with Crippen LogP contribution in [-0.4, -0.2) is 30.6 Å². The standard InChI is InChI=1S/C12H26N2/c1-11(10-13)12(2)14-8-6-4-3-5-7-9-14/h11-12H,3-10,13H2,1-2H3. The van der Waals surface area contributed by atoms with E-state index in [1.807, 2.05) is 0 Å². The molecule has 0 aromatic carbocycles. The molecular weight excluding hydrogens is 172 g/mol. The Balaban J connectivity index is 2.38. The van der Waals surface area contributed by atoms with Crippen molar-refractivity contribution in [3.05, 3.63) is 0 Å². The molecule has 1 saturated heterocycles. The van der Waals surface area contributed by atoms with Crippen LogP contribution in [0.1, 0.15) is 46.0 Å². The summed E-state index contributed by atoms with van der Waals surface area (Å²) in [4.78, 5) is 2.64. The molecule has 2 heteroatoms. The zero-order valence-corrected chi connectivity index (χ0v) is 9.84. The van der Waals surface area contributed by atoms with E-state index in [2.05, 4.69) is 18.7 Å². The second-order valence-corrected chi connectivity index (χ2v) is 4.76. The van der Waals surface area contributed by atoms with Crippen molar-refractivity contribution in [2.45, 2.75) is 52.0 Å². The maximum Gasteiger partial charge on any atom is 0.0105 e. The van der Waals surface area contributed by atoms with Gasteiger partial charge in [-0.1, -0.05) is 26.2 Å². The van der Waals surface area contributed by atoms with Crippen LogP contribution in [-0.2, 0) is 0 Å². The van der Waals surface area contributed by atoms with Crippen LogP contribution < -0.4 is 5.73 Å². The van der Waals surface area contributed by atoms with Gasteiger partial charge in [0.15, 0.2) is 0 Å². The number of likely N-dealkylation sites (tertiary alicyclic amines) is 1. The van der Waals surface area contributed by atoms with Crippen LogP contribution in [0.2, 0.25) is 0 Å². The third-order valence-corrected chi connectivity index (χ3v) is 3.66. The van der Waals surface area contributed by atoms with Gasteiger partial charge in [-0.25, -0.2) is 0 Å². The molecule has 2 unspecified atom stereocenters. The molecule has 1 heterocycles. The van der Waals surface area contributed by atoms with Crippen molar-refractivity contribution in [2.24, 2.45) is 11.7 Å². The molecule has 0 aliphatic carbocycles. The average Bonchev–Trinajstić information content (AvgIpc) is 2.15. The Kier molecular flexibility index (Phi) is 5.49. The Bertz CT molecular complexity index is 139. The van der Waals surface area contributed by atoms with E-state index < -0.39 is 0 Å². The van der Waals surface area contributed by atoms with Crippen molar-refractivity contribution in [1.82, 2.24) is 4.90 Å². The van der Waals surface area contributed by atoms with Crippen LogP contribution in [0.15, 0.2) is 0 Å². The van der Waals surface area contributed by atoms with Crippen molar-refractivity contribution in [3.63, 3.8) is 0 Å². The van der Waals surface area contributed by atoms with Crippen molar-refractivity contribution < 1.29 is 0 Å². The van der Waals surface area contributed by atoms with E-state index in [1.165, 1.54) is 45.2 Å². The van der Waals surface area contributed by atoms with E-state index in [9.17, 15) is 0 Å². The highest BCUT2D eigenvalue weighted by atomic mass is 15.1. The number of nitrogens with two attached hydrogens (primary N) is 1. The molecule has 0 radical (unpaired) electrons. The summed E-state index contributed by atoms with van der Waals surface area (Å²) in [5.41, 5.74) is 5.72. The molecule has 0 spiro atoms. The molecule has 0 bridgehead atoms. The zero-order chi connectivity index (χ0) is 10.4. The van der Waals surface area contributed by atoms with Crippen molar-refractivity contribution in [3.8, 4) is 0 Å². The van der Waals surface area contributed by atoms with E-state index in [-0.39, 0.29) is 0 Å². The summed E-state index contributed by atoms with van der Waals surface area (Å²) in [6.07, 6.45) is 7.03. The lowest BCUT2D eigenvalue weighted by molar-refractivity contribution is 0.150. The number of hydrogen-bond donors (Lipinski definition) is 1. The van der Waals surface area contributed by atoms with Gasteiger partial charge in [0.2, 0.25) is 0 Å². The number of nitrogens with zero attached hydrogens (tertiary/aromatic N) is 1. The molecule has 1 aliphatic rings. The summed E-state index contributed by atoms with van der Waals surface area (Å²) in [6, 6.07) is 0.665. The summed E-state index contributed by atoms with van der Waals surface area (Å²) in [5.74, 6) is 0.634. The van der Waals surface area contributed by atoms with Crippen LogP contribution in [0.5, 0.6) is 0 Å². The van der Waals surface area contributed by atoms with Crippen LogP contribution in [0.3, 0.4) is 0 Å². The number of hydrogen-bond acceptors (Lipinski definition) is 2. The fourth-order valence-electron chi connectivity index (χ4n) is 2.24. The third kappa shape index (κ3) is 3.58. The molecule has 0 amide bonds. The first-order valence-electron chi connectivity index (χ1n) is 6.20. The molecule has 0 saturated carbocycles. The minimum absolute atomic E-state index is 0.634. The van der Waals surface area contributed by atoms with E-state index in [4.69, 9.17) is 5.73 Å². The summed E-state index contributed by atoms with van der Waals surface area (Å²) in [7, 11) is 0. The highest BCUT2D eigenvalue weighted by Gasteiger charge is 2.19. The summed E-state index contributed by atoms with van der Waals surface area (Å²) in [6.45, 7) is 7.98. The monoisotopic (exact) mass is 198 g/mol. The summed E-state index contributed by atoms with van der Waals surface area (Å²) >= 11 is 0. The number of rotatable bonds is 3. The van der Waals surface area contributed by atoms with Gasteiger partial charge in [0, 0.05) is 6.04 Å². The molecule has 0 aromatic rings. The maximum absolute atomic E-state index is 5.72.